The van der Waals surface area contributed by atoms with Gasteiger partial charge in [0.25, 0.3) is 0 Å². The molecular formula is C13H17N3O. The SMILES string of the molecule is Cc1cnc(NCCCOc2ccccc2)[nH]1. The van der Waals surface area contributed by atoms with E-state index in [0.29, 0.717) is 6.61 Å². The molecule has 0 unspecified atom stereocenters. The van der Waals surface area contributed by atoms with Crippen molar-refractivity contribution in [2.24, 2.45) is 0 Å². The van der Waals surface area contributed by atoms with Crippen LogP contribution >= 0.6 is 0 Å². The van der Waals surface area contributed by atoms with Gasteiger partial charge in [-0.2, -0.15) is 0 Å². The highest BCUT2D eigenvalue weighted by Gasteiger charge is 1.96. The van der Waals surface area contributed by atoms with E-state index >= 15 is 0 Å². The van der Waals surface area contributed by atoms with E-state index in [2.05, 4.69) is 15.3 Å². The van der Waals surface area contributed by atoms with Crippen molar-refractivity contribution in [1.29, 1.82) is 0 Å². The molecule has 17 heavy (non-hydrogen) atoms. The Bertz CT molecular complexity index is 439. The molecule has 1 heterocycles. The van der Waals surface area contributed by atoms with Crippen LogP contribution in [0.15, 0.2) is 36.5 Å². The number of anilines is 1. The first kappa shape index (κ1) is 11.5. The molecule has 4 nitrogen and oxygen atoms in total. The smallest absolute Gasteiger partial charge is 0.200 e. The monoisotopic (exact) mass is 231 g/mol. The molecule has 1 aromatic carbocycles. The Labute approximate surface area is 101 Å². The molecule has 4 heteroatoms. The maximum Gasteiger partial charge on any atom is 0.200 e. The summed E-state index contributed by atoms with van der Waals surface area (Å²) in [4.78, 5) is 7.29. The van der Waals surface area contributed by atoms with Gasteiger partial charge in [0.2, 0.25) is 0 Å². The van der Waals surface area contributed by atoms with E-state index in [0.717, 1.165) is 30.4 Å². The lowest BCUT2D eigenvalue weighted by Crippen LogP contribution is -2.08. The quantitative estimate of drug-likeness (QED) is 0.751. The van der Waals surface area contributed by atoms with Gasteiger partial charge in [-0.05, 0) is 25.5 Å². The molecule has 0 fully saturated rings. The van der Waals surface area contributed by atoms with Crippen LogP contribution in [-0.4, -0.2) is 23.1 Å². The van der Waals surface area contributed by atoms with Gasteiger partial charge >= 0.3 is 0 Å². The van der Waals surface area contributed by atoms with Gasteiger partial charge in [-0.1, -0.05) is 18.2 Å². The van der Waals surface area contributed by atoms with E-state index in [4.69, 9.17) is 4.74 Å². The van der Waals surface area contributed by atoms with Crippen LogP contribution in [0.2, 0.25) is 0 Å². The Morgan fingerprint density at radius 1 is 1.29 bits per heavy atom. The number of nitrogens with one attached hydrogen (secondary N) is 2. The zero-order chi connectivity index (χ0) is 11.9. The Balaban J connectivity index is 1.61. The Morgan fingerprint density at radius 2 is 2.12 bits per heavy atom. The van der Waals surface area contributed by atoms with Crippen molar-refractivity contribution >= 4 is 5.95 Å². The van der Waals surface area contributed by atoms with E-state index in [1.165, 1.54) is 0 Å². The van der Waals surface area contributed by atoms with E-state index in [1.54, 1.807) is 0 Å². The van der Waals surface area contributed by atoms with Crippen LogP contribution in [-0.2, 0) is 0 Å². The molecular weight excluding hydrogens is 214 g/mol. The molecule has 0 saturated carbocycles. The van der Waals surface area contributed by atoms with Crippen LogP contribution in [0.5, 0.6) is 5.75 Å². The second-order valence-corrected chi connectivity index (χ2v) is 3.86. The lowest BCUT2D eigenvalue weighted by molar-refractivity contribution is 0.315. The molecule has 0 aliphatic heterocycles. The van der Waals surface area contributed by atoms with Crippen LogP contribution in [0.25, 0.3) is 0 Å². The van der Waals surface area contributed by atoms with Crippen molar-refractivity contribution in [3.63, 3.8) is 0 Å². The minimum atomic E-state index is 0.705. The molecule has 0 saturated heterocycles. The number of imidazole rings is 1. The molecule has 0 atom stereocenters. The molecule has 0 spiro atoms. The summed E-state index contributed by atoms with van der Waals surface area (Å²) in [6.07, 6.45) is 2.75. The summed E-state index contributed by atoms with van der Waals surface area (Å²) in [6.45, 7) is 3.53. The Hall–Kier alpha value is -1.97. The summed E-state index contributed by atoms with van der Waals surface area (Å²) in [7, 11) is 0. The molecule has 2 rings (SSSR count). The average molecular weight is 231 g/mol. The standard InChI is InChI=1S/C13H17N3O/c1-11-10-15-13(16-11)14-8-5-9-17-12-6-3-2-4-7-12/h2-4,6-7,10H,5,8-9H2,1H3,(H2,14,15,16). The third-order valence-corrected chi connectivity index (χ3v) is 2.33. The van der Waals surface area contributed by atoms with E-state index < -0.39 is 0 Å². The lowest BCUT2D eigenvalue weighted by atomic mass is 10.3. The number of benzene rings is 1. The number of nitrogens with zero attached hydrogens (tertiary/aromatic N) is 1. The topological polar surface area (TPSA) is 49.9 Å². The number of aromatic nitrogens is 2. The largest absolute Gasteiger partial charge is 0.494 e. The van der Waals surface area contributed by atoms with Crippen LogP contribution < -0.4 is 10.1 Å². The second-order valence-electron chi connectivity index (χ2n) is 3.86. The number of H-pyrrole nitrogens is 1. The normalized spacial score (nSPS) is 10.2. The fraction of sp³-hybridized carbons (Fsp3) is 0.308. The van der Waals surface area contributed by atoms with Gasteiger partial charge in [0.05, 0.1) is 6.61 Å². The molecule has 0 radical (unpaired) electrons. The summed E-state index contributed by atoms with van der Waals surface area (Å²) in [5.74, 6) is 1.74. The minimum absolute atomic E-state index is 0.705. The first-order valence-electron chi connectivity index (χ1n) is 5.78. The maximum atomic E-state index is 5.58. The van der Waals surface area contributed by atoms with Gasteiger partial charge in [0.1, 0.15) is 5.75 Å². The van der Waals surface area contributed by atoms with Crippen molar-refractivity contribution in [2.45, 2.75) is 13.3 Å². The number of aromatic amines is 1. The van der Waals surface area contributed by atoms with E-state index in [-0.39, 0.29) is 0 Å². The molecule has 90 valence electrons. The van der Waals surface area contributed by atoms with Crippen LogP contribution in [0.3, 0.4) is 0 Å². The second kappa shape index (κ2) is 5.94. The van der Waals surface area contributed by atoms with Gasteiger partial charge in [0, 0.05) is 18.4 Å². The van der Waals surface area contributed by atoms with Crippen molar-refractivity contribution in [3.05, 3.63) is 42.2 Å². The fourth-order valence-electron chi connectivity index (χ4n) is 1.49. The van der Waals surface area contributed by atoms with Crippen molar-refractivity contribution < 1.29 is 4.74 Å². The summed E-state index contributed by atoms with van der Waals surface area (Å²) in [6, 6.07) is 9.85. The predicted molar refractivity (Wildman–Crippen MR) is 68.4 cm³/mol. The zero-order valence-corrected chi connectivity index (χ0v) is 9.94. The first-order valence-corrected chi connectivity index (χ1v) is 5.78. The average Bonchev–Trinajstić information content (AvgIpc) is 2.76. The number of rotatable bonds is 6. The molecule has 0 amide bonds. The minimum Gasteiger partial charge on any atom is -0.494 e. The van der Waals surface area contributed by atoms with E-state index in [9.17, 15) is 0 Å². The molecule has 1 aromatic heterocycles. The van der Waals surface area contributed by atoms with Crippen LogP contribution in [0.4, 0.5) is 5.95 Å². The van der Waals surface area contributed by atoms with Gasteiger partial charge < -0.3 is 15.0 Å². The van der Waals surface area contributed by atoms with Crippen LogP contribution in [0, 0.1) is 6.92 Å². The molecule has 2 N–H and O–H groups in total. The zero-order valence-electron chi connectivity index (χ0n) is 9.94. The summed E-state index contributed by atoms with van der Waals surface area (Å²) < 4.78 is 5.58. The number of aryl methyl sites for hydroxylation is 1. The molecule has 0 aliphatic rings. The summed E-state index contributed by atoms with van der Waals surface area (Å²) in [5, 5.41) is 3.21. The first-order chi connectivity index (χ1) is 8.34. The fourth-order valence-corrected chi connectivity index (χ4v) is 1.49. The molecule has 0 aliphatic carbocycles. The summed E-state index contributed by atoms with van der Waals surface area (Å²) in [5.41, 5.74) is 1.06. The Kier molecular flexibility index (Phi) is 4.02. The van der Waals surface area contributed by atoms with Crippen molar-refractivity contribution in [3.8, 4) is 5.75 Å². The van der Waals surface area contributed by atoms with E-state index in [1.807, 2.05) is 43.5 Å². The van der Waals surface area contributed by atoms with Gasteiger partial charge in [-0.3, -0.25) is 0 Å². The highest BCUT2D eigenvalue weighted by atomic mass is 16.5. The van der Waals surface area contributed by atoms with Crippen molar-refractivity contribution in [1.82, 2.24) is 9.97 Å². The maximum absolute atomic E-state index is 5.58. The van der Waals surface area contributed by atoms with Gasteiger partial charge in [-0.25, -0.2) is 4.98 Å². The van der Waals surface area contributed by atoms with Crippen LogP contribution in [0.1, 0.15) is 12.1 Å². The Morgan fingerprint density at radius 3 is 2.82 bits per heavy atom. The molecule has 2 aromatic rings. The number of hydrogen-bond donors (Lipinski definition) is 2. The number of hydrogen-bond acceptors (Lipinski definition) is 3. The highest BCUT2D eigenvalue weighted by Crippen LogP contribution is 2.08. The lowest BCUT2D eigenvalue weighted by Gasteiger charge is -2.06. The third-order valence-electron chi connectivity index (χ3n) is 2.33. The molecule has 0 bridgehead atoms. The van der Waals surface area contributed by atoms with Gasteiger partial charge in [0.15, 0.2) is 5.95 Å². The highest BCUT2D eigenvalue weighted by molar-refractivity contribution is 5.25. The predicted octanol–water partition coefficient (Wildman–Crippen LogP) is 2.60. The number of para-hydroxylation sites is 1. The number of ether oxygens (including phenoxy) is 1. The summed E-state index contributed by atoms with van der Waals surface area (Å²) >= 11 is 0. The van der Waals surface area contributed by atoms with Gasteiger partial charge in [-0.15, -0.1) is 0 Å². The van der Waals surface area contributed by atoms with Crippen molar-refractivity contribution in [2.75, 3.05) is 18.5 Å². The third kappa shape index (κ3) is 3.83.